The van der Waals surface area contributed by atoms with Gasteiger partial charge in [0.1, 0.15) is 5.75 Å². The molecule has 0 unspecified atom stereocenters. The Kier molecular flexibility index (Phi) is 5.49. The Labute approximate surface area is 134 Å². The summed E-state index contributed by atoms with van der Waals surface area (Å²) in [6.07, 6.45) is 0.168. The third-order valence-electron chi connectivity index (χ3n) is 2.64. The van der Waals surface area contributed by atoms with Crippen molar-refractivity contribution >= 4 is 34.2 Å². The van der Waals surface area contributed by atoms with Crippen molar-refractivity contribution in [3.8, 4) is 5.75 Å². The summed E-state index contributed by atoms with van der Waals surface area (Å²) < 4.78 is 29.4. The van der Waals surface area contributed by atoms with Crippen LogP contribution in [0.25, 0.3) is 0 Å². The van der Waals surface area contributed by atoms with Crippen molar-refractivity contribution < 1.29 is 18.3 Å². The van der Waals surface area contributed by atoms with Gasteiger partial charge in [-0.1, -0.05) is 12.1 Å². The van der Waals surface area contributed by atoms with Gasteiger partial charge in [-0.05, 0) is 64.6 Å². The third kappa shape index (κ3) is 5.30. The lowest BCUT2D eigenvalue weighted by Gasteiger charge is -2.07. The molecule has 2 aromatic rings. The lowest BCUT2D eigenvalue weighted by molar-refractivity contribution is -0.115. The Morgan fingerprint density at radius 1 is 1.10 bits per heavy atom. The van der Waals surface area contributed by atoms with Crippen LogP contribution in [0.5, 0.6) is 5.75 Å². The van der Waals surface area contributed by atoms with E-state index in [0.717, 1.165) is 14.8 Å². The van der Waals surface area contributed by atoms with Crippen LogP contribution in [0, 0.1) is 3.57 Å². The van der Waals surface area contributed by atoms with Crippen LogP contribution in [0.1, 0.15) is 5.56 Å². The lowest BCUT2D eigenvalue weighted by atomic mass is 10.1. The van der Waals surface area contributed by atoms with Crippen LogP contribution < -0.4 is 10.1 Å². The Balaban J connectivity index is 1.91. The fourth-order valence-corrected chi connectivity index (χ4v) is 2.07. The average Bonchev–Trinajstić information content (AvgIpc) is 2.43. The maximum Gasteiger partial charge on any atom is 0.387 e. The minimum Gasteiger partial charge on any atom is -0.435 e. The summed E-state index contributed by atoms with van der Waals surface area (Å²) in [4.78, 5) is 11.9. The van der Waals surface area contributed by atoms with E-state index in [4.69, 9.17) is 0 Å². The molecule has 0 heterocycles. The molecule has 0 radical (unpaired) electrons. The Bertz CT molecular complexity index is 600. The molecule has 0 atom stereocenters. The van der Waals surface area contributed by atoms with Crippen LogP contribution >= 0.6 is 22.6 Å². The van der Waals surface area contributed by atoms with Crippen LogP contribution in [-0.2, 0) is 11.2 Å². The molecule has 21 heavy (non-hydrogen) atoms. The first-order chi connectivity index (χ1) is 10.0. The largest absolute Gasteiger partial charge is 0.435 e. The van der Waals surface area contributed by atoms with Gasteiger partial charge < -0.3 is 10.1 Å². The molecule has 0 fully saturated rings. The highest BCUT2D eigenvalue weighted by Crippen LogP contribution is 2.16. The van der Waals surface area contributed by atoms with Crippen molar-refractivity contribution in [2.45, 2.75) is 13.0 Å². The van der Waals surface area contributed by atoms with E-state index in [1.54, 1.807) is 12.1 Å². The van der Waals surface area contributed by atoms with Gasteiger partial charge in [-0.2, -0.15) is 8.78 Å². The molecule has 2 aromatic carbocycles. The Morgan fingerprint density at radius 2 is 1.71 bits per heavy atom. The highest BCUT2D eigenvalue weighted by atomic mass is 127. The second-order valence-corrected chi connectivity index (χ2v) is 5.50. The maximum atomic E-state index is 12.0. The first-order valence-corrected chi connectivity index (χ1v) is 7.20. The Morgan fingerprint density at radius 3 is 2.29 bits per heavy atom. The van der Waals surface area contributed by atoms with E-state index >= 15 is 0 Å². The van der Waals surface area contributed by atoms with E-state index in [9.17, 15) is 13.6 Å². The molecular weight excluding hydrogens is 391 g/mol. The molecular formula is C15H12F2INO2. The van der Waals surface area contributed by atoms with Crippen molar-refractivity contribution in [3.63, 3.8) is 0 Å². The predicted molar refractivity (Wildman–Crippen MR) is 84.6 cm³/mol. The summed E-state index contributed by atoms with van der Waals surface area (Å²) in [5, 5.41) is 2.77. The van der Waals surface area contributed by atoms with Gasteiger partial charge in [0.2, 0.25) is 5.91 Å². The van der Waals surface area contributed by atoms with Gasteiger partial charge in [0.15, 0.2) is 0 Å². The third-order valence-corrected chi connectivity index (χ3v) is 3.36. The fourth-order valence-electron chi connectivity index (χ4n) is 1.71. The molecule has 1 N–H and O–H groups in total. The topological polar surface area (TPSA) is 38.3 Å². The standard InChI is InChI=1S/C15H12F2INO2/c16-15(17)21-13-7-1-10(2-8-13)9-14(20)19-12-5-3-11(18)4-6-12/h1-8,15H,9H2,(H,19,20). The second kappa shape index (κ2) is 7.35. The van der Waals surface area contributed by atoms with Crippen LogP contribution in [0.15, 0.2) is 48.5 Å². The van der Waals surface area contributed by atoms with Crippen molar-refractivity contribution in [3.05, 3.63) is 57.7 Å². The van der Waals surface area contributed by atoms with Gasteiger partial charge >= 0.3 is 6.61 Å². The number of carbonyl (C=O) groups excluding carboxylic acids is 1. The van der Waals surface area contributed by atoms with Crippen molar-refractivity contribution in [2.75, 3.05) is 5.32 Å². The number of rotatable bonds is 5. The number of amides is 1. The molecule has 0 saturated carbocycles. The molecule has 0 aliphatic carbocycles. The van der Waals surface area contributed by atoms with E-state index < -0.39 is 6.61 Å². The first-order valence-electron chi connectivity index (χ1n) is 6.12. The first kappa shape index (κ1) is 15.7. The van der Waals surface area contributed by atoms with E-state index in [1.165, 1.54) is 12.1 Å². The molecule has 0 spiro atoms. The monoisotopic (exact) mass is 403 g/mol. The zero-order valence-electron chi connectivity index (χ0n) is 10.9. The van der Waals surface area contributed by atoms with Crippen LogP contribution in [0.2, 0.25) is 0 Å². The normalized spacial score (nSPS) is 10.5. The predicted octanol–water partition coefficient (Wildman–Crippen LogP) is 4.07. The summed E-state index contributed by atoms with van der Waals surface area (Å²) in [5.41, 5.74) is 1.44. The van der Waals surface area contributed by atoms with Crippen molar-refractivity contribution in [1.82, 2.24) is 0 Å². The molecule has 0 aliphatic heterocycles. The zero-order chi connectivity index (χ0) is 15.2. The molecule has 0 saturated heterocycles. The number of ether oxygens (including phenoxy) is 1. The SMILES string of the molecule is O=C(Cc1ccc(OC(F)F)cc1)Nc1ccc(I)cc1. The molecule has 0 bridgehead atoms. The van der Waals surface area contributed by atoms with Crippen molar-refractivity contribution in [2.24, 2.45) is 0 Å². The molecule has 110 valence electrons. The fraction of sp³-hybridized carbons (Fsp3) is 0.133. The van der Waals surface area contributed by atoms with Gasteiger partial charge in [0.25, 0.3) is 0 Å². The highest BCUT2D eigenvalue weighted by Gasteiger charge is 2.06. The lowest BCUT2D eigenvalue weighted by Crippen LogP contribution is -2.14. The molecule has 0 aromatic heterocycles. The van der Waals surface area contributed by atoms with Gasteiger partial charge in [-0.3, -0.25) is 4.79 Å². The summed E-state index contributed by atoms with van der Waals surface area (Å²) in [5.74, 6) is -0.0921. The minimum atomic E-state index is -2.85. The number of benzene rings is 2. The van der Waals surface area contributed by atoms with Gasteiger partial charge in [0, 0.05) is 9.26 Å². The van der Waals surface area contributed by atoms with Crippen LogP contribution in [0.3, 0.4) is 0 Å². The number of hydrogen-bond acceptors (Lipinski definition) is 2. The number of hydrogen-bond donors (Lipinski definition) is 1. The average molecular weight is 403 g/mol. The molecule has 0 aliphatic rings. The Hall–Kier alpha value is -1.70. The quantitative estimate of drug-likeness (QED) is 0.765. The summed E-state index contributed by atoms with van der Waals surface area (Å²) in [6.45, 7) is -2.85. The molecule has 6 heteroatoms. The molecule has 3 nitrogen and oxygen atoms in total. The maximum absolute atomic E-state index is 12.0. The number of halogens is 3. The van der Waals surface area contributed by atoms with E-state index in [-0.39, 0.29) is 18.1 Å². The number of carbonyl (C=O) groups is 1. The van der Waals surface area contributed by atoms with Crippen LogP contribution in [-0.4, -0.2) is 12.5 Å². The van der Waals surface area contributed by atoms with E-state index in [2.05, 4.69) is 32.6 Å². The van der Waals surface area contributed by atoms with Gasteiger partial charge in [-0.15, -0.1) is 0 Å². The number of anilines is 1. The number of nitrogens with one attached hydrogen (secondary N) is 1. The summed E-state index contributed by atoms with van der Waals surface area (Å²) >= 11 is 2.18. The van der Waals surface area contributed by atoms with E-state index in [1.807, 2.05) is 24.3 Å². The smallest absolute Gasteiger partial charge is 0.387 e. The molecule has 1 amide bonds. The summed E-state index contributed by atoms with van der Waals surface area (Å²) in [6, 6.07) is 13.4. The zero-order valence-corrected chi connectivity index (χ0v) is 13.0. The van der Waals surface area contributed by atoms with Crippen LogP contribution in [0.4, 0.5) is 14.5 Å². The highest BCUT2D eigenvalue weighted by molar-refractivity contribution is 14.1. The van der Waals surface area contributed by atoms with Crippen molar-refractivity contribution in [1.29, 1.82) is 0 Å². The van der Waals surface area contributed by atoms with Gasteiger partial charge in [0.05, 0.1) is 6.42 Å². The van der Waals surface area contributed by atoms with E-state index in [0.29, 0.717) is 0 Å². The minimum absolute atomic E-state index is 0.0757. The number of alkyl halides is 2. The van der Waals surface area contributed by atoms with Gasteiger partial charge in [-0.25, -0.2) is 0 Å². The molecule has 2 rings (SSSR count). The second-order valence-electron chi connectivity index (χ2n) is 4.25. The summed E-state index contributed by atoms with van der Waals surface area (Å²) in [7, 11) is 0.